The van der Waals surface area contributed by atoms with E-state index in [0.717, 1.165) is 35.2 Å². The molecule has 0 aromatic heterocycles. The lowest BCUT2D eigenvalue weighted by molar-refractivity contribution is 0.0377. The monoisotopic (exact) mass is 566 g/mol. The largest absolute Gasteiger partial charge is 0.394 e. The summed E-state index contributed by atoms with van der Waals surface area (Å²) in [6.07, 6.45) is 14.5. The molecular formula is C27H56N3O5S2+. The molecule has 0 aliphatic carbocycles. The standard InChI is InChI=1S/C27H56N3O5S2/c1-3-5-6-7-8-12-27(37-25-23-34-20-18-32-16-14-29-30-28)13-10-9-11-26(4-2)36-24-22-35-21-19-33-17-15-31/h26-28,31H,3-25H2,1-2H3/q+1/t26-,27+/m1/s1. The number of thioether (sulfide) groups is 2. The van der Waals surface area contributed by atoms with Gasteiger partial charge in [-0.2, -0.15) is 23.5 Å². The van der Waals surface area contributed by atoms with Crippen molar-refractivity contribution in [2.24, 2.45) is 5.11 Å². The lowest BCUT2D eigenvalue weighted by Crippen LogP contribution is -2.11. The number of nitrogens with one attached hydrogen (secondary N) is 1. The van der Waals surface area contributed by atoms with Crippen LogP contribution in [0, 0.1) is 5.53 Å². The topological polar surface area (TPSA) is 107 Å². The molecule has 220 valence electrons. The van der Waals surface area contributed by atoms with E-state index in [1.807, 2.05) is 11.8 Å². The van der Waals surface area contributed by atoms with Gasteiger partial charge in [-0.25, -0.2) is 0 Å². The van der Waals surface area contributed by atoms with Crippen LogP contribution in [0.15, 0.2) is 5.11 Å². The molecule has 0 aromatic rings. The molecule has 0 aliphatic heterocycles. The highest BCUT2D eigenvalue weighted by Gasteiger charge is 2.11. The van der Waals surface area contributed by atoms with E-state index in [-0.39, 0.29) is 6.61 Å². The molecule has 10 heteroatoms. The molecule has 0 saturated carbocycles. The first-order chi connectivity index (χ1) is 18.3. The van der Waals surface area contributed by atoms with Gasteiger partial charge in [0.15, 0.2) is 0 Å². The summed E-state index contributed by atoms with van der Waals surface area (Å²) in [5, 5.41) is 13.7. The first-order valence-corrected chi connectivity index (χ1v) is 16.6. The fraction of sp³-hybridized carbons (Fsp3) is 1.00. The average molecular weight is 567 g/mol. The van der Waals surface area contributed by atoms with Gasteiger partial charge in [0.25, 0.3) is 0 Å². The predicted molar refractivity (Wildman–Crippen MR) is 157 cm³/mol. The van der Waals surface area contributed by atoms with Gasteiger partial charge in [-0.3, -0.25) is 0 Å². The Labute approximate surface area is 235 Å². The van der Waals surface area contributed by atoms with Crippen LogP contribution in [0.2, 0.25) is 0 Å². The van der Waals surface area contributed by atoms with Crippen LogP contribution in [-0.4, -0.2) is 93.1 Å². The van der Waals surface area contributed by atoms with E-state index >= 15 is 0 Å². The second-order valence-corrected chi connectivity index (χ2v) is 11.8. The highest BCUT2D eigenvalue weighted by atomic mass is 32.2. The van der Waals surface area contributed by atoms with Crippen molar-refractivity contribution in [1.82, 2.24) is 4.91 Å². The molecule has 2 atom stereocenters. The third kappa shape index (κ3) is 28.6. The number of rotatable bonds is 31. The van der Waals surface area contributed by atoms with Crippen molar-refractivity contribution in [3.05, 3.63) is 0 Å². The van der Waals surface area contributed by atoms with Crippen molar-refractivity contribution < 1.29 is 24.1 Å². The van der Waals surface area contributed by atoms with Crippen LogP contribution < -0.4 is 4.91 Å². The molecule has 0 fully saturated rings. The predicted octanol–water partition coefficient (Wildman–Crippen LogP) is 6.13. The summed E-state index contributed by atoms with van der Waals surface area (Å²) < 4.78 is 22.0. The Kier molecular flexibility index (Phi) is 31.9. The van der Waals surface area contributed by atoms with Crippen LogP contribution in [0.1, 0.15) is 84.5 Å². The van der Waals surface area contributed by atoms with Crippen LogP contribution in [0.3, 0.4) is 0 Å². The van der Waals surface area contributed by atoms with Crippen LogP contribution in [-0.2, 0) is 18.9 Å². The maximum absolute atomic E-state index is 8.69. The fourth-order valence-corrected chi connectivity index (χ4v) is 6.18. The molecular weight excluding hydrogens is 510 g/mol. The van der Waals surface area contributed by atoms with E-state index in [4.69, 9.17) is 29.6 Å². The molecule has 0 aliphatic rings. The second kappa shape index (κ2) is 32.0. The molecule has 0 spiro atoms. The van der Waals surface area contributed by atoms with Gasteiger partial charge < -0.3 is 24.1 Å². The minimum Gasteiger partial charge on any atom is -0.394 e. The average Bonchev–Trinajstić information content (AvgIpc) is 2.91. The number of aliphatic hydroxyl groups excluding tert-OH is 1. The Balaban J connectivity index is 3.99. The third-order valence-electron chi connectivity index (χ3n) is 5.94. The molecule has 0 bridgehead atoms. The minimum absolute atomic E-state index is 0.0706. The van der Waals surface area contributed by atoms with Crippen molar-refractivity contribution >= 4 is 23.5 Å². The van der Waals surface area contributed by atoms with Gasteiger partial charge in [-0.1, -0.05) is 58.8 Å². The quantitative estimate of drug-likeness (QED) is 0.0590. The lowest BCUT2D eigenvalue weighted by atomic mass is 10.0. The summed E-state index contributed by atoms with van der Waals surface area (Å²) in [7, 11) is 0. The Hall–Kier alpha value is -0.190. The number of ether oxygens (including phenoxy) is 4. The van der Waals surface area contributed by atoms with Gasteiger partial charge >= 0.3 is 0 Å². The number of aliphatic hydroxyl groups is 1. The van der Waals surface area contributed by atoms with Crippen LogP contribution in [0.4, 0.5) is 0 Å². The van der Waals surface area contributed by atoms with Crippen molar-refractivity contribution in [2.45, 2.75) is 95.0 Å². The number of hydrogen-bond donors (Lipinski definition) is 2. The summed E-state index contributed by atoms with van der Waals surface area (Å²) in [5.41, 5.74) is 6.60. The molecule has 0 unspecified atom stereocenters. The van der Waals surface area contributed by atoms with Crippen molar-refractivity contribution in [2.75, 3.05) is 77.5 Å². The molecule has 2 N–H and O–H groups in total. The van der Waals surface area contributed by atoms with Gasteiger partial charge in [-0.05, 0) is 25.7 Å². The molecule has 0 aromatic carbocycles. The summed E-state index contributed by atoms with van der Waals surface area (Å²) in [6.45, 7) is 9.85. The summed E-state index contributed by atoms with van der Waals surface area (Å²) in [6, 6.07) is 0. The highest BCUT2D eigenvalue weighted by molar-refractivity contribution is 8.00. The maximum atomic E-state index is 8.69. The van der Waals surface area contributed by atoms with Gasteiger partial charge in [0, 0.05) is 22.0 Å². The van der Waals surface area contributed by atoms with Gasteiger partial charge in [0.2, 0.25) is 4.91 Å². The van der Waals surface area contributed by atoms with Crippen LogP contribution >= 0.6 is 23.5 Å². The number of nitrogens with zero attached hydrogens (tertiary/aromatic N) is 2. The smallest absolute Gasteiger partial charge is 0.214 e. The zero-order valence-electron chi connectivity index (χ0n) is 23.7. The Morgan fingerprint density at radius 1 is 0.676 bits per heavy atom. The molecule has 0 rings (SSSR count). The minimum atomic E-state index is 0.0706. The number of unbranched alkanes of at least 4 members (excludes halogenated alkanes) is 5. The van der Waals surface area contributed by atoms with E-state index in [0.29, 0.717) is 46.2 Å². The molecule has 0 saturated heterocycles. The maximum Gasteiger partial charge on any atom is 0.214 e. The van der Waals surface area contributed by atoms with E-state index < -0.39 is 0 Å². The molecule has 37 heavy (non-hydrogen) atoms. The first-order valence-electron chi connectivity index (χ1n) is 14.5. The van der Waals surface area contributed by atoms with E-state index in [1.165, 1.54) is 70.6 Å². The van der Waals surface area contributed by atoms with Gasteiger partial charge in [0.05, 0.1) is 59.5 Å². The van der Waals surface area contributed by atoms with Crippen molar-refractivity contribution in [3.63, 3.8) is 0 Å². The third-order valence-corrected chi connectivity index (χ3v) is 8.72. The normalized spacial score (nSPS) is 12.9. The zero-order valence-corrected chi connectivity index (χ0v) is 25.3. The SMILES string of the molecule is CCCCCCC[C@@H](CCCC[C@@H](CC)SCCOCCOCCO)SCCOCCOCCN=[N+]=N. The van der Waals surface area contributed by atoms with Crippen molar-refractivity contribution in [3.8, 4) is 0 Å². The fourth-order valence-electron chi connectivity index (χ4n) is 3.85. The Bertz CT molecular complexity index is 503. The molecule has 0 radical (unpaired) electrons. The van der Waals surface area contributed by atoms with Gasteiger partial charge in [-0.15, -0.1) is 0 Å². The van der Waals surface area contributed by atoms with Crippen LogP contribution in [0.5, 0.6) is 0 Å². The molecule has 8 nitrogen and oxygen atoms in total. The summed E-state index contributed by atoms with van der Waals surface area (Å²) >= 11 is 4.13. The molecule has 0 heterocycles. The summed E-state index contributed by atoms with van der Waals surface area (Å²) in [4.78, 5) is 2.96. The Morgan fingerprint density at radius 2 is 1.19 bits per heavy atom. The second-order valence-electron chi connectivity index (χ2n) is 9.02. The Morgan fingerprint density at radius 3 is 1.76 bits per heavy atom. The van der Waals surface area contributed by atoms with Crippen LogP contribution in [0.25, 0.3) is 0 Å². The van der Waals surface area contributed by atoms with Crippen molar-refractivity contribution in [1.29, 1.82) is 5.53 Å². The summed E-state index contributed by atoms with van der Waals surface area (Å²) in [5.74, 6) is 2.08. The zero-order chi connectivity index (χ0) is 27.1. The molecule has 0 amide bonds. The highest BCUT2D eigenvalue weighted by Crippen LogP contribution is 2.26. The number of hydrogen-bond acceptors (Lipinski definition) is 9. The first kappa shape index (κ1) is 36.8. The van der Waals surface area contributed by atoms with Gasteiger partial charge in [0.1, 0.15) is 17.2 Å². The van der Waals surface area contributed by atoms with E-state index in [1.54, 1.807) is 0 Å². The van der Waals surface area contributed by atoms with E-state index in [2.05, 4.69) is 35.6 Å². The lowest BCUT2D eigenvalue weighted by Gasteiger charge is -2.18. The van der Waals surface area contributed by atoms with E-state index in [9.17, 15) is 0 Å².